The lowest BCUT2D eigenvalue weighted by atomic mass is 10.2. The Hall–Kier alpha value is -2.43. The Labute approximate surface area is 115 Å². The van der Waals surface area contributed by atoms with Crippen LogP contribution in [0, 0.1) is 11.6 Å². The van der Waals surface area contributed by atoms with Gasteiger partial charge in [0.15, 0.2) is 11.6 Å². The smallest absolute Gasteiger partial charge is 0.255 e. The number of benzene rings is 2. The fraction of sp³-hybridized carbons (Fsp3) is 0.133. The average Bonchev–Trinajstić information content (AvgIpc) is 2.44. The van der Waals surface area contributed by atoms with Gasteiger partial charge in [-0.05, 0) is 36.4 Å². The summed E-state index contributed by atoms with van der Waals surface area (Å²) in [6.45, 7) is 0. The van der Waals surface area contributed by atoms with Gasteiger partial charge in [0.1, 0.15) is 0 Å². The molecule has 0 spiro atoms. The molecule has 0 aromatic heterocycles. The molecular weight excluding hydrogens is 262 g/mol. The highest BCUT2D eigenvalue weighted by Crippen LogP contribution is 2.18. The first kappa shape index (κ1) is 14.0. The number of nitrogens with zero attached hydrogens (tertiary/aromatic N) is 1. The van der Waals surface area contributed by atoms with Crippen LogP contribution in [-0.4, -0.2) is 20.0 Å². The fourth-order valence-corrected chi connectivity index (χ4v) is 1.71. The summed E-state index contributed by atoms with van der Waals surface area (Å²) in [5, 5.41) is 2.35. The maximum atomic E-state index is 13.5. The third-order valence-corrected chi connectivity index (χ3v) is 2.85. The first-order valence-corrected chi connectivity index (χ1v) is 6.02. The van der Waals surface area contributed by atoms with E-state index in [1.165, 1.54) is 12.1 Å². The Kier molecular flexibility index (Phi) is 3.98. The SMILES string of the molecule is CN(C)c1ccc(C(=O)Nc2cccc(F)c2F)cc1. The normalized spacial score (nSPS) is 10.2. The second-order valence-electron chi connectivity index (χ2n) is 4.50. The molecule has 2 aromatic carbocycles. The fourth-order valence-electron chi connectivity index (χ4n) is 1.71. The van der Waals surface area contributed by atoms with Crippen molar-refractivity contribution in [1.29, 1.82) is 0 Å². The molecule has 104 valence electrons. The third-order valence-electron chi connectivity index (χ3n) is 2.85. The molecule has 3 nitrogen and oxygen atoms in total. The van der Waals surface area contributed by atoms with E-state index in [4.69, 9.17) is 0 Å². The van der Waals surface area contributed by atoms with Gasteiger partial charge in [-0.25, -0.2) is 8.78 Å². The zero-order valence-electron chi connectivity index (χ0n) is 11.2. The Morgan fingerprint density at radius 3 is 2.30 bits per heavy atom. The zero-order chi connectivity index (χ0) is 14.7. The van der Waals surface area contributed by atoms with Crippen molar-refractivity contribution in [2.75, 3.05) is 24.3 Å². The van der Waals surface area contributed by atoms with Gasteiger partial charge >= 0.3 is 0 Å². The minimum Gasteiger partial charge on any atom is -0.378 e. The molecule has 2 rings (SSSR count). The number of anilines is 2. The van der Waals surface area contributed by atoms with E-state index in [1.54, 1.807) is 24.3 Å². The summed E-state index contributed by atoms with van der Waals surface area (Å²) < 4.78 is 26.5. The van der Waals surface area contributed by atoms with E-state index in [0.717, 1.165) is 11.8 Å². The summed E-state index contributed by atoms with van der Waals surface area (Å²) >= 11 is 0. The van der Waals surface area contributed by atoms with Crippen LogP contribution in [-0.2, 0) is 0 Å². The molecule has 0 unspecified atom stereocenters. The van der Waals surface area contributed by atoms with E-state index >= 15 is 0 Å². The van der Waals surface area contributed by atoms with Crippen LogP contribution in [0.15, 0.2) is 42.5 Å². The number of hydrogen-bond donors (Lipinski definition) is 1. The predicted molar refractivity (Wildman–Crippen MR) is 75.1 cm³/mol. The number of halogens is 2. The van der Waals surface area contributed by atoms with Crippen LogP contribution in [0.3, 0.4) is 0 Å². The number of carbonyl (C=O) groups excluding carboxylic acids is 1. The molecule has 0 bridgehead atoms. The van der Waals surface area contributed by atoms with Crippen molar-refractivity contribution in [2.24, 2.45) is 0 Å². The number of amides is 1. The van der Waals surface area contributed by atoms with Crippen molar-refractivity contribution in [1.82, 2.24) is 0 Å². The minimum atomic E-state index is -1.06. The lowest BCUT2D eigenvalue weighted by molar-refractivity contribution is 0.102. The lowest BCUT2D eigenvalue weighted by Crippen LogP contribution is -2.14. The van der Waals surface area contributed by atoms with Crippen LogP contribution in [0.1, 0.15) is 10.4 Å². The molecule has 0 heterocycles. The van der Waals surface area contributed by atoms with Crippen molar-refractivity contribution < 1.29 is 13.6 Å². The van der Waals surface area contributed by atoms with Crippen molar-refractivity contribution >= 4 is 17.3 Å². The summed E-state index contributed by atoms with van der Waals surface area (Å²) in [5.41, 5.74) is 1.14. The summed E-state index contributed by atoms with van der Waals surface area (Å²) in [5.74, 6) is -2.55. The Balaban J connectivity index is 2.18. The van der Waals surface area contributed by atoms with E-state index in [9.17, 15) is 13.6 Å². The molecule has 0 radical (unpaired) electrons. The molecule has 1 N–H and O–H groups in total. The van der Waals surface area contributed by atoms with Crippen LogP contribution in [0.4, 0.5) is 20.2 Å². The van der Waals surface area contributed by atoms with E-state index in [1.807, 2.05) is 19.0 Å². The topological polar surface area (TPSA) is 32.3 Å². The van der Waals surface area contributed by atoms with E-state index in [2.05, 4.69) is 5.32 Å². The van der Waals surface area contributed by atoms with Gasteiger partial charge in [-0.1, -0.05) is 6.07 Å². The number of hydrogen-bond acceptors (Lipinski definition) is 2. The van der Waals surface area contributed by atoms with Crippen LogP contribution in [0.2, 0.25) is 0 Å². The lowest BCUT2D eigenvalue weighted by Gasteiger charge is -2.12. The maximum Gasteiger partial charge on any atom is 0.255 e. The minimum absolute atomic E-state index is 0.174. The van der Waals surface area contributed by atoms with Crippen LogP contribution in [0.25, 0.3) is 0 Å². The predicted octanol–water partition coefficient (Wildman–Crippen LogP) is 3.28. The molecule has 0 saturated heterocycles. The van der Waals surface area contributed by atoms with Crippen molar-refractivity contribution in [3.63, 3.8) is 0 Å². The number of nitrogens with one attached hydrogen (secondary N) is 1. The van der Waals surface area contributed by atoms with Gasteiger partial charge < -0.3 is 10.2 Å². The second kappa shape index (κ2) is 5.69. The van der Waals surface area contributed by atoms with Gasteiger partial charge in [0.25, 0.3) is 5.91 Å². The van der Waals surface area contributed by atoms with Crippen molar-refractivity contribution in [3.8, 4) is 0 Å². The van der Waals surface area contributed by atoms with Crippen LogP contribution in [0.5, 0.6) is 0 Å². The maximum absolute atomic E-state index is 13.5. The van der Waals surface area contributed by atoms with E-state index in [-0.39, 0.29) is 5.69 Å². The molecule has 0 fully saturated rings. The largest absolute Gasteiger partial charge is 0.378 e. The monoisotopic (exact) mass is 276 g/mol. The molecular formula is C15H14F2N2O. The summed E-state index contributed by atoms with van der Waals surface area (Å²) in [6, 6.07) is 10.4. The van der Waals surface area contributed by atoms with Crippen molar-refractivity contribution in [3.05, 3.63) is 59.7 Å². The average molecular weight is 276 g/mol. The Morgan fingerprint density at radius 2 is 1.70 bits per heavy atom. The summed E-state index contributed by atoms with van der Waals surface area (Å²) in [7, 11) is 3.77. The number of carbonyl (C=O) groups is 1. The highest BCUT2D eigenvalue weighted by Gasteiger charge is 2.12. The molecule has 0 atom stereocenters. The van der Waals surface area contributed by atoms with Gasteiger partial charge in [0.2, 0.25) is 0 Å². The molecule has 0 aliphatic heterocycles. The zero-order valence-corrected chi connectivity index (χ0v) is 11.2. The molecule has 0 aliphatic carbocycles. The van der Waals surface area contributed by atoms with Crippen LogP contribution < -0.4 is 10.2 Å². The molecule has 0 saturated carbocycles. The van der Waals surface area contributed by atoms with E-state index in [0.29, 0.717) is 5.56 Å². The highest BCUT2D eigenvalue weighted by molar-refractivity contribution is 6.04. The van der Waals surface area contributed by atoms with Crippen molar-refractivity contribution in [2.45, 2.75) is 0 Å². The van der Waals surface area contributed by atoms with Gasteiger partial charge in [0, 0.05) is 25.3 Å². The van der Waals surface area contributed by atoms with Crippen LogP contribution >= 0.6 is 0 Å². The first-order valence-electron chi connectivity index (χ1n) is 6.02. The Morgan fingerprint density at radius 1 is 1.05 bits per heavy atom. The summed E-state index contributed by atoms with van der Waals surface area (Å²) in [4.78, 5) is 13.8. The third kappa shape index (κ3) is 2.93. The molecule has 5 heteroatoms. The standard InChI is InChI=1S/C15H14F2N2O/c1-19(2)11-8-6-10(7-9-11)15(20)18-13-5-3-4-12(16)14(13)17/h3-9H,1-2H3,(H,18,20). The Bertz CT molecular complexity index is 624. The molecule has 1 amide bonds. The second-order valence-corrected chi connectivity index (χ2v) is 4.50. The highest BCUT2D eigenvalue weighted by atomic mass is 19.2. The van der Waals surface area contributed by atoms with Gasteiger partial charge in [-0.15, -0.1) is 0 Å². The molecule has 20 heavy (non-hydrogen) atoms. The van der Waals surface area contributed by atoms with E-state index < -0.39 is 17.5 Å². The van der Waals surface area contributed by atoms with Gasteiger partial charge in [-0.2, -0.15) is 0 Å². The van der Waals surface area contributed by atoms with Gasteiger partial charge in [-0.3, -0.25) is 4.79 Å². The molecule has 2 aromatic rings. The first-order chi connectivity index (χ1) is 9.49. The van der Waals surface area contributed by atoms with Gasteiger partial charge in [0.05, 0.1) is 5.69 Å². The summed E-state index contributed by atoms with van der Waals surface area (Å²) in [6.07, 6.45) is 0. The quantitative estimate of drug-likeness (QED) is 0.933. The number of rotatable bonds is 3. The molecule has 0 aliphatic rings.